The van der Waals surface area contributed by atoms with Crippen LogP contribution < -0.4 is 14.4 Å². The summed E-state index contributed by atoms with van der Waals surface area (Å²) < 4.78 is 32.8. The van der Waals surface area contributed by atoms with E-state index in [4.69, 9.17) is 4.74 Å². The summed E-state index contributed by atoms with van der Waals surface area (Å²) in [5.74, 6) is 0.586. The van der Waals surface area contributed by atoms with Crippen molar-refractivity contribution in [3.63, 3.8) is 0 Å². The van der Waals surface area contributed by atoms with E-state index in [-0.39, 0.29) is 10.6 Å². The number of non-ortho nitro benzene ring substituents is 1. The Labute approximate surface area is 138 Å². The fourth-order valence-corrected chi connectivity index (χ4v) is 3.49. The van der Waals surface area contributed by atoms with Crippen LogP contribution in [0.4, 0.5) is 17.1 Å². The van der Waals surface area contributed by atoms with Crippen LogP contribution in [0.15, 0.2) is 47.4 Å². The maximum absolute atomic E-state index is 12.4. The molecule has 0 atom stereocenters. The molecule has 126 valence electrons. The fraction of sp³-hybridized carbons (Fsp3) is 0.200. The molecular weight excluding hydrogens is 334 g/mol. The number of hydrogen-bond acceptors (Lipinski definition) is 6. The predicted octanol–water partition coefficient (Wildman–Crippen LogP) is 2.22. The largest absolute Gasteiger partial charge is 0.489 e. The van der Waals surface area contributed by atoms with Gasteiger partial charge in [-0.1, -0.05) is 6.07 Å². The van der Waals surface area contributed by atoms with Crippen LogP contribution in [-0.2, 0) is 10.0 Å². The van der Waals surface area contributed by atoms with Crippen molar-refractivity contribution in [2.75, 3.05) is 29.8 Å². The van der Waals surface area contributed by atoms with Crippen molar-refractivity contribution in [1.82, 2.24) is 0 Å². The molecule has 2 aromatic rings. The van der Waals surface area contributed by atoms with Crippen LogP contribution in [0.25, 0.3) is 0 Å². The monoisotopic (exact) mass is 349 g/mol. The zero-order valence-electron chi connectivity index (χ0n) is 12.8. The molecule has 0 radical (unpaired) electrons. The minimum atomic E-state index is -3.93. The van der Waals surface area contributed by atoms with Crippen molar-refractivity contribution in [3.8, 4) is 5.75 Å². The highest BCUT2D eigenvalue weighted by atomic mass is 32.2. The van der Waals surface area contributed by atoms with E-state index in [2.05, 4.69) is 4.72 Å². The zero-order chi connectivity index (χ0) is 17.3. The van der Waals surface area contributed by atoms with Crippen molar-refractivity contribution >= 4 is 27.1 Å². The summed E-state index contributed by atoms with van der Waals surface area (Å²) in [5.41, 5.74) is 0.920. The summed E-state index contributed by atoms with van der Waals surface area (Å²) in [6.45, 7) is 1.27. The zero-order valence-corrected chi connectivity index (χ0v) is 13.6. The van der Waals surface area contributed by atoms with E-state index in [0.29, 0.717) is 18.0 Å². The van der Waals surface area contributed by atoms with Gasteiger partial charge in [0.2, 0.25) is 0 Å². The van der Waals surface area contributed by atoms with Gasteiger partial charge in [0.05, 0.1) is 27.7 Å². The molecule has 1 N–H and O–H groups in total. The highest BCUT2D eigenvalue weighted by Crippen LogP contribution is 2.34. The highest BCUT2D eigenvalue weighted by molar-refractivity contribution is 7.92. The third-order valence-corrected chi connectivity index (χ3v) is 5.03. The second-order valence-electron chi connectivity index (χ2n) is 5.31. The second kappa shape index (κ2) is 6.00. The molecule has 0 saturated heterocycles. The normalized spacial score (nSPS) is 13.8. The first-order valence-electron chi connectivity index (χ1n) is 7.12. The first-order valence-corrected chi connectivity index (χ1v) is 8.60. The van der Waals surface area contributed by atoms with E-state index in [1.54, 1.807) is 18.2 Å². The van der Waals surface area contributed by atoms with Gasteiger partial charge >= 0.3 is 0 Å². The summed E-state index contributed by atoms with van der Waals surface area (Å²) in [5, 5.41) is 10.8. The fourth-order valence-electron chi connectivity index (χ4n) is 2.40. The smallest absolute Gasteiger partial charge is 0.270 e. The lowest BCUT2D eigenvalue weighted by Crippen LogP contribution is -2.28. The molecule has 0 saturated carbocycles. The number of nitro groups is 1. The molecule has 2 aromatic carbocycles. The number of ether oxygens (including phenoxy) is 1. The van der Waals surface area contributed by atoms with Crippen LogP contribution in [0.1, 0.15) is 0 Å². The number of nitro benzene ring substituents is 1. The Bertz CT molecular complexity index is 898. The van der Waals surface area contributed by atoms with Gasteiger partial charge in [-0.3, -0.25) is 14.8 Å². The highest BCUT2D eigenvalue weighted by Gasteiger charge is 2.20. The van der Waals surface area contributed by atoms with Crippen LogP contribution in [0, 0.1) is 10.1 Å². The molecule has 8 nitrogen and oxygen atoms in total. The maximum Gasteiger partial charge on any atom is 0.270 e. The average molecular weight is 349 g/mol. The maximum atomic E-state index is 12.4. The number of benzene rings is 2. The molecule has 3 rings (SSSR count). The molecule has 0 unspecified atom stereocenters. The second-order valence-corrected chi connectivity index (χ2v) is 6.99. The first-order chi connectivity index (χ1) is 11.4. The number of rotatable bonds is 4. The van der Waals surface area contributed by atoms with Gasteiger partial charge in [0, 0.05) is 25.2 Å². The van der Waals surface area contributed by atoms with Crippen LogP contribution in [0.2, 0.25) is 0 Å². The molecule has 0 fully saturated rings. The van der Waals surface area contributed by atoms with E-state index in [1.165, 1.54) is 18.2 Å². The van der Waals surface area contributed by atoms with Gasteiger partial charge in [0.15, 0.2) is 0 Å². The topological polar surface area (TPSA) is 102 Å². The van der Waals surface area contributed by atoms with Crippen molar-refractivity contribution < 1.29 is 18.1 Å². The van der Waals surface area contributed by atoms with Crippen molar-refractivity contribution in [3.05, 3.63) is 52.6 Å². The molecule has 1 aliphatic rings. The predicted molar refractivity (Wildman–Crippen MR) is 89.1 cm³/mol. The molecule has 0 amide bonds. The van der Waals surface area contributed by atoms with Gasteiger partial charge in [-0.2, -0.15) is 0 Å². The van der Waals surface area contributed by atoms with Gasteiger partial charge in [0.1, 0.15) is 12.4 Å². The Morgan fingerprint density at radius 3 is 2.79 bits per heavy atom. The van der Waals surface area contributed by atoms with Gasteiger partial charge < -0.3 is 9.64 Å². The standard InChI is InChI=1S/C15H15N3O5S/c1-17-7-8-23-15-9-11(5-6-14(15)17)16-24(21,22)13-4-2-3-12(10-13)18(19)20/h2-6,9-10,16H,7-8H2,1H3. The number of sulfonamides is 1. The summed E-state index contributed by atoms with van der Waals surface area (Å²) in [6.07, 6.45) is 0. The van der Waals surface area contributed by atoms with E-state index in [9.17, 15) is 18.5 Å². The van der Waals surface area contributed by atoms with Crippen LogP contribution in [0.3, 0.4) is 0 Å². The average Bonchev–Trinajstić information content (AvgIpc) is 2.55. The quantitative estimate of drug-likeness (QED) is 0.671. The van der Waals surface area contributed by atoms with Crippen LogP contribution >= 0.6 is 0 Å². The molecule has 9 heteroatoms. The molecule has 0 aliphatic carbocycles. The number of nitrogens with zero attached hydrogens (tertiary/aromatic N) is 2. The summed E-state index contributed by atoms with van der Waals surface area (Å²) in [6, 6.07) is 9.88. The van der Waals surface area contributed by atoms with Crippen LogP contribution in [0.5, 0.6) is 5.75 Å². The Hall–Kier alpha value is -2.81. The molecule has 1 heterocycles. The molecule has 0 aromatic heterocycles. The van der Waals surface area contributed by atoms with Gasteiger partial charge in [0.25, 0.3) is 15.7 Å². The molecular formula is C15H15N3O5S. The molecule has 1 aliphatic heterocycles. The number of likely N-dealkylation sites (N-methyl/N-ethyl adjacent to an activating group) is 1. The minimum Gasteiger partial charge on any atom is -0.489 e. The SMILES string of the molecule is CN1CCOc2cc(NS(=O)(=O)c3cccc([N+](=O)[O-])c3)ccc21. The van der Waals surface area contributed by atoms with Crippen LogP contribution in [-0.4, -0.2) is 33.5 Å². The number of fused-ring (bicyclic) bond motifs is 1. The molecule has 24 heavy (non-hydrogen) atoms. The van der Waals surface area contributed by atoms with E-state index < -0.39 is 14.9 Å². The summed E-state index contributed by atoms with van der Waals surface area (Å²) in [7, 11) is -2.01. The van der Waals surface area contributed by atoms with Gasteiger partial charge in [-0.25, -0.2) is 8.42 Å². The minimum absolute atomic E-state index is 0.174. The summed E-state index contributed by atoms with van der Waals surface area (Å²) >= 11 is 0. The summed E-state index contributed by atoms with van der Waals surface area (Å²) in [4.78, 5) is 12.0. The third-order valence-electron chi connectivity index (χ3n) is 3.65. The Kier molecular flexibility index (Phi) is 4.02. The van der Waals surface area contributed by atoms with Gasteiger partial charge in [-0.15, -0.1) is 0 Å². The number of nitrogens with one attached hydrogen (secondary N) is 1. The van der Waals surface area contributed by atoms with Gasteiger partial charge in [-0.05, 0) is 18.2 Å². The number of hydrogen-bond donors (Lipinski definition) is 1. The van der Waals surface area contributed by atoms with Crippen molar-refractivity contribution in [1.29, 1.82) is 0 Å². The van der Waals surface area contributed by atoms with Crippen molar-refractivity contribution in [2.45, 2.75) is 4.90 Å². The van der Waals surface area contributed by atoms with E-state index in [0.717, 1.165) is 18.3 Å². The molecule has 0 bridgehead atoms. The lowest BCUT2D eigenvalue weighted by atomic mass is 10.2. The van der Waals surface area contributed by atoms with Crippen molar-refractivity contribution in [2.24, 2.45) is 0 Å². The lowest BCUT2D eigenvalue weighted by molar-refractivity contribution is -0.385. The Morgan fingerprint density at radius 2 is 2.04 bits per heavy atom. The Morgan fingerprint density at radius 1 is 1.25 bits per heavy atom. The van der Waals surface area contributed by atoms with E-state index in [1.807, 2.05) is 11.9 Å². The third kappa shape index (κ3) is 3.11. The first kappa shape index (κ1) is 16.1. The lowest BCUT2D eigenvalue weighted by Gasteiger charge is -2.28. The molecule has 0 spiro atoms. The Balaban J connectivity index is 1.90. The number of anilines is 2. The van der Waals surface area contributed by atoms with E-state index >= 15 is 0 Å².